The summed E-state index contributed by atoms with van der Waals surface area (Å²) in [6, 6.07) is 0. The Morgan fingerprint density at radius 2 is 1.37 bits per heavy atom. The fraction of sp³-hybridized carbons (Fsp3) is 0.745. The fourth-order valence-electron chi connectivity index (χ4n) is 9.19. The molecule has 360 valence electrons. The Bertz CT molecular complexity index is 1510. The number of hydrogen-bond donors (Lipinski definition) is 0. The van der Waals surface area contributed by atoms with Gasteiger partial charge in [0, 0.05) is 117 Å². The summed E-state index contributed by atoms with van der Waals surface area (Å²) >= 11 is 0. The number of hydrogen-bond acceptors (Lipinski definition) is 12. The van der Waals surface area contributed by atoms with Crippen LogP contribution in [0.5, 0.6) is 0 Å². The Morgan fingerprint density at radius 3 is 1.92 bits per heavy atom. The molecular weight excluding hydrogens is 805 g/mol. The van der Waals surface area contributed by atoms with Crippen LogP contribution in [0.15, 0.2) is 59.8 Å². The molecule has 2 bridgehead atoms. The van der Waals surface area contributed by atoms with Crippen LogP contribution in [0.4, 0.5) is 0 Å². The fourth-order valence-corrected chi connectivity index (χ4v) is 9.19. The van der Waals surface area contributed by atoms with Gasteiger partial charge < -0.3 is 42.6 Å². The number of carbonyl (C=O) groups is 3. The number of fused-ring (bicyclic) bond motifs is 2. The second-order valence-corrected chi connectivity index (χ2v) is 17.9. The summed E-state index contributed by atoms with van der Waals surface area (Å²) in [7, 11) is 11.7. The van der Waals surface area contributed by atoms with Crippen molar-refractivity contribution in [2.24, 2.45) is 35.5 Å². The van der Waals surface area contributed by atoms with Gasteiger partial charge in [0.05, 0.1) is 42.7 Å². The van der Waals surface area contributed by atoms with Crippen molar-refractivity contribution in [2.45, 2.75) is 162 Å². The quantitative estimate of drug-likeness (QED) is 0.108. The molecule has 12 nitrogen and oxygen atoms in total. The zero-order valence-electron chi connectivity index (χ0n) is 41.3. The summed E-state index contributed by atoms with van der Waals surface area (Å²) in [6.45, 7) is 16.3. The maximum atomic E-state index is 13.6. The first-order valence-electron chi connectivity index (χ1n) is 23.0. The Kier molecular flexibility index (Phi) is 26.3. The largest absolute Gasteiger partial charge is 0.458 e. The number of esters is 2. The van der Waals surface area contributed by atoms with E-state index in [1.165, 1.54) is 6.08 Å². The van der Waals surface area contributed by atoms with E-state index in [0.29, 0.717) is 44.9 Å². The van der Waals surface area contributed by atoms with E-state index < -0.39 is 12.1 Å². The minimum absolute atomic E-state index is 0.00357. The second-order valence-electron chi connectivity index (χ2n) is 17.9. The average Bonchev–Trinajstić information content (AvgIpc) is 3.26. The molecule has 2 aliphatic heterocycles. The molecule has 12 heteroatoms. The van der Waals surface area contributed by atoms with E-state index in [4.69, 9.17) is 42.6 Å². The van der Waals surface area contributed by atoms with Crippen molar-refractivity contribution in [3.63, 3.8) is 0 Å². The molecule has 0 N–H and O–H groups in total. The number of carbonyl (C=O) groups excluding carboxylic acids is 3. The van der Waals surface area contributed by atoms with Crippen LogP contribution >= 0.6 is 0 Å². The Morgan fingerprint density at radius 1 is 0.746 bits per heavy atom. The van der Waals surface area contributed by atoms with Crippen molar-refractivity contribution in [1.82, 2.24) is 0 Å². The molecule has 0 aliphatic carbocycles. The molecule has 0 aromatic rings. The lowest BCUT2D eigenvalue weighted by Gasteiger charge is -2.35. The smallest absolute Gasteiger partial charge is 0.331 e. The third-order valence-corrected chi connectivity index (χ3v) is 13.5. The Labute approximate surface area is 380 Å². The topological polar surface area (TPSA) is 134 Å². The third kappa shape index (κ3) is 18.4. The third-order valence-electron chi connectivity index (χ3n) is 13.5. The zero-order chi connectivity index (χ0) is 47.2. The average molecular weight is 889 g/mol. The highest BCUT2D eigenvalue weighted by Gasteiger charge is 2.36. The van der Waals surface area contributed by atoms with Crippen LogP contribution in [0.1, 0.15) is 107 Å². The van der Waals surface area contributed by atoms with E-state index in [-0.39, 0.29) is 96.1 Å². The summed E-state index contributed by atoms with van der Waals surface area (Å²) in [4.78, 5) is 39.7. The van der Waals surface area contributed by atoms with Gasteiger partial charge in [-0.25, -0.2) is 9.59 Å². The van der Waals surface area contributed by atoms with E-state index in [0.717, 1.165) is 17.6 Å². The summed E-state index contributed by atoms with van der Waals surface area (Å²) < 4.78 is 53.6. The number of Topliss-reactive ketones (excluding diaryl/α,β-unsaturated/α-hetero) is 1. The lowest BCUT2D eigenvalue weighted by Crippen LogP contribution is -2.41. The molecule has 0 aromatic heterocycles. The van der Waals surface area contributed by atoms with Gasteiger partial charge in [0.1, 0.15) is 18.0 Å². The molecule has 0 fully saturated rings. The number of allylic oxidation sites excluding steroid dienone is 2. The molecule has 2 heterocycles. The standard InChI is InChI=1S/C51H84O12/c1-16-44(58-12)36(6)43(52)25-22-34(4)50(61-15)38(8)51-35(5)21-24-40(55-9)30-45(59-13)33(3)20-23-41(56-10)31-46(60-14)37(7)47-28-39(29-49(54)62-47)27-42(57-11)26-32(2)18-17-19-48(53)63-51/h17-21,23-24,29,33-38,40-42,44-47,50-51H,16,22,25-28,30-31H2,1-15H3/b19-17-,23-20+,24-21+,32-18+/t33-,34-,35-,36-,37+,38-,40-,41+,42+,44+,45-,46-,47+,50-,51-/m0/s1. The van der Waals surface area contributed by atoms with Gasteiger partial charge in [-0.2, -0.15) is 0 Å². The zero-order valence-corrected chi connectivity index (χ0v) is 41.3. The van der Waals surface area contributed by atoms with Gasteiger partial charge in [-0.3, -0.25) is 4.79 Å². The van der Waals surface area contributed by atoms with Crippen molar-refractivity contribution in [1.29, 1.82) is 0 Å². The number of ether oxygens (including phenoxy) is 9. The van der Waals surface area contributed by atoms with Crippen LogP contribution in [-0.4, -0.2) is 122 Å². The SMILES string of the molecule is CC[C@@H](OC)[C@@H](C)C(=O)CC[C@H](C)[C@H](OC)[C@H](C)[C@H]1OC(=O)/C=C\C=C(/C)C[C@@H](OC)CC2=CC(=O)O[C@H](C2)[C@H](C)[C@@H](OC)C[C@H](OC)/C=C/[C@H](C)[C@@H](OC)C[C@@H](OC)/C=C/[C@@H]1C. The molecule has 0 aromatic carbocycles. The first-order valence-corrected chi connectivity index (χ1v) is 23.0. The highest BCUT2D eigenvalue weighted by molar-refractivity contribution is 5.84. The van der Waals surface area contributed by atoms with E-state index in [1.54, 1.807) is 61.9 Å². The van der Waals surface area contributed by atoms with Crippen molar-refractivity contribution in [3.8, 4) is 0 Å². The van der Waals surface area contributed by atoms with Crippen molar-refractivity contribution < 1.29 is 57.0 Å². The van der Waals surface area contributed by atoms with Crippen molar-refractivity contribution >= 4 is 17.7 Å². The summed E-state index contributed by atoms with van der Waals surface area (Å²) in [5.74, 6) is -1.44. The van der Waals surface area contributed by atoms with Gasteiger partial charge in [0.25, 0.3) is 0 Å². The van der Waals surface area contributed by atoms with Gasteiger partial charge in [0.15, 0.2) is 0 Å². The molecule has 0 amide bonds. The highest BCUT2D eigenvalue weighted by atomic mass is 16.6. The monoisotopic (exact) mass is 889 g/mol. The van der Waals surface area contributed by atoms with Gasteiger partial charge >= 0.3 is 11.9 Å². The molecule has 0 saturated carbocycles. The molecule has 2 aliphatic rings. The van der Waals surface area contributed by atoms with E-state index >= 15 is 0 Å². The maximum Gasteiger partial charge on any atom is 0.331 e. The Hall–Kier alpha value is -2.97. The molecule has 63 heavy (non-hydrogen) atoms. The van der Waals surface area contributed by atoms with Crippen LogP contribution < -0.4 is 0 Å². The summed E-state index contributed by atoms with van der Waals surface area (Å²) in [6.07, 6.45) is 17.0. The number of methoxy groups -OCH3 is 7. The van der Waals surface area contributed by atoms with E-state index in [1.807, 2.05) is 52.8 Å². The lowest BCUT2D eigenvalue weighted by atomic mass is 9.81. The minimum Gasteiger partial charge on any atom is -0.458 e. The maximum absolute atomic E-state index is 13.6. The normalized spacial score (nSPS) is 33.5. The van der Waals surface area contributed by atoms with Crippen molar-refractivity contribution in [2.75, 3.05) is 49.8 Å². The summed E-state index contributed by atoms with van der Waals surface area (Å²) in [5.41, 5.74) is 1.96. The van der Waals surface area contributed by atoms with Gasteiger partial charge in [-0.15, -0.1) is 0 Å². The first kappa shape index (κ1) is 56.2. The lowest BCUT2D eigenvalue weighted by molar-refractivity contribution is -0.152. The van der Waals surface area contributed by atoms with Crippen LogP contribution in [0.25, 0.3) is 0 Å². The van der Waals surface area contributed by atoms with Crippen LogP contribution in [0.2, 0.25) is 0 Å². The predicted molar refractivity (Wildman–Crippen MR) is 247 cm³/mol. The number of ketones is 1. The highest BCUT2D eigenvalue weighted by Crippen LogP contribution is 2.33. The molecule has 0 saturated heterocycles. The Balaban J connectivity index is 2.53. The second kappa shape index (κ2) is 29.5. The number of rotatable bonds is 16. The van der Waals surface area contributed by atoms with E-state index in [2.05, 4.69) is 32.9 Å². The van der Waals surface area contributed by atoms with Gasteiger partial charge in [-0.05, 0) is 38.5 Å². The minimum atomic E-state index is -0.568. The van der Waals surface area contributed by atoms with Gasteiger partial charge in [-0.1, -0.05) is 96.1 Å². The molecule has 0 spiro atoms. The van der Waals surface area contributed by atoms with Crippen molar-refractivity contribution in [3.05, 3.63) is 59.8 Å². The molecule has 2 rings (SSSR count). The van der Waals surface area contributed by atoms with Crippen LogP contribution in [-0.2, 0) is 57.0 Å². The molecule has 0 unspecified atom stereocenters. The van der Waals surface area contributed by atoms with Crippen LogP contribution in [0.3, 0.4) is 0 Å². The summed E-state index contributed by atoms with van der Waals surface area (Å²) in [5, 5.41) is 0. The predicted octanol–water partition coefficient (Wildman–Crippen LogP) is 9.01. The first-order chi connectivity index (χ1) is 30.0. The van der Waals surface area contributed by atoms with Crippen LogP contribution in [0, 0.1) is 35.5 Å². The molecule has 15 atom stereocenters. The van der Waals surface area contributed by atoms with E-state index in [9.17, 15) is 14.4 Å². The number of cyclic esters (lactones) is 1. The van der Waals surface area contributed by atoms with Gasteiger partial charge in [0.2, 0.25) is 0 Å². The molecule has 0 radical (unpaired) electrons. The molecular formula is C51H84O12.